The van der Waals surface area contributed by atoms with Crippen LogP contribution in [0.5, 0.6) is 23.0 Å². The molecule has 67 heavy (non-hydrogen) atoms. The molecule has 0 aromatic heterocycles. The van der Waals surface area contributed by atoms with E-state index in [0.29, 0.717) is 17.5 Å². The number of carbonyl (C=O) groups is 1. The molecule has 346 valence electrons. The van der Waals surface area contributed by atoms with Gasteiger partial charge in [0.2, 0.25) is 5.91 Å². The number of carbonyl (C=O) groups excluding carboxylic acids is 1. The lowest BCUT2D eigenvalue weighted by Crippen LogP contribution is -2.06. The van der Waals surface area contributed by atoms with Gasteiger partial charge in [-0.1, -0.05) is 24.3 Å². The molecule has 24 nitrogen and oxygen atoms in total. The molecule has 28 heteroatoms. The second-order valence-corrected chi connectivity index (χ2v) is 19.5. The summed E-state index contributed by atoms with van der Waals surface area (Å²) in [6.45, 7) is 1.16. The van der Waals surface area contributed by atoms with E-state index in [1.165, 1.54) is 55.6 Å². The SMILES string of the molecule is COc1cc(N=Nc2c(S(=O)(=O)O)ccc3cccc(O)c23)c(NC(C)=O)cc1N=Nc1ccc(N=Nc2cc(S(=O)(=O)O)c(O)c3ccc(S(=O)(=O)O)c(O)c23)c2cc(S(=O)(=O)O)ccc12. The quantitative estimate of drug-likeness (QED) is 0.0420. The third-order valence-corrected chi connectivity index (χ3v) is 13.1. The van der Waals surface area contributed by atoms with Crippen molar-refractivity contribution in [1.82, 2.24) is 0 Å². The van der Waals surface area contributed by atoms with Crippen LogP contribution < -0.4 is 10.1 Å². The summed E-state index contributed by atoms with van der Waals surface area (Å²) in [5.74, 6) is -3.40. The van der Waals surface area contributed by atoms with Crippen LogP contribution in [0, 0.1) is 0 Å². The van der Waals surface area contributed by atoms with Gasteiger partial charge in [-0.2, -0.15) is 33.7 Å². The zero-order valence-electron chi connectivity index (χ0n) is 33.7. The van der Waals surface area contributed by atoms with Gasteiger partial charge in [-0.25, -0.2) is 0 Å². The molecule has 0 unspecified atom stereocenters. The number of phenols is 3. The maximum absolute atomic E-state index is 12.3. The Balaban J connectivity index is 1.37. The fourth-order valence-corrected chi connectivity index (χ4v) is 9.00. The topological polar surface area (TPSA) is 391 Å². The summed E-state index contributed by atoms with van der Waals surface area (Å²) in [7, 11) is -18.9. The van der Waals surface area contributed by atoms with Crippen molar-refractivity contribution < 1.29 is 76.7 Å². The highest BCUT2D eigenvalue weighted by molar-refractivity contribution is 7.86. The standard InChI is InChI=1S/C39H29N7O17S4/c1-18(47)40-26-15-28(31(63-2)16-27(26)43-46-37-32(65(54,55)56)12-6-19-4-3-5-30(48)35(19)37)44-41-24-10-11-25(23-14-20(64(51,52)53)7-8-21(23)24)42-45-29-17-34(67(60,61)62)38(49)22-9-13-33(66(57,58)59)39(50)36(22)29/h3-17,48-50H,1-2H3,(H,40,47)(H,51,52,53)(H,54,55,56)(H,57,58,59)(H,60,61,62). The summed E-state index contributed by atoms with van der Waals surface area (Å²) >= 11 is 0. The number of ether oxygens (including phenoxy) is 1. The van der Waals surface area contributed by atoms with Crippen molar-refractivity contribution in [2.45, 2.75) is 26.5 Å². The van der Waals surface area contributed by atoms with Crippen molar-refractivity contribution in [2.75, 3.05) is 12.4 Å². The number of hydrogen-bond acceptors (Lipinski definition) is 19. The minimum atomic E-state index is -5.21. The van der Waals surface area contributed by atoms with Gasteiger partial charge in [0, 0.05) is 29.1 Å². The maximum Gasteiger partial charge on any atom is 0.298 e. The number of amides is 1. The van der Waals surface area contributed by atoms with Crippen molar-refractivity contribution in [1.29, 1.82) is 0 Å². The average Bonchev–Trinajstić information content (AvgIpc) is 3.23. The Kier molecular flexibility index (Phi) is 12.3. The molecule has 1 amide bonds. The van der Waals surface area contributed by atoms with Gasteiger partial charge in [-0.3, -0.25) is 23.0 Å². The number of azo groups is 3. The van der Waals surface area contributed by atoms with E-state index in [0.717, 1.165) is 31.2 Å². The number of fused-ring (bicyclic) bond motifs is 3. The van der Waals surface area contributed by atoms with Gasteiger partial charge in [0.05, 0.1) is 45.5 Å². The Labute approximate surface area is 377 Å². The van der Waals surface area contributed by atoms with Crippen LogP contribution in [0.1, 0.15) is 6.92 Å². The van der Waals surface area contributed by atoms with Crippen LogP contribution in [0.25, 0.3) is 32.3 Å². The van der Waals surface area contributed by atoms with Crippen LogP contribution >= 0.6 is 0 Å². The first kappa shape index (κ1) is 47.4. The molecule has 0 saturated carbocycles. The molecule has 7 aromatic rings. The molecule has 0 aliphatic heterocycles. The van der Waals surface area contributed by atoms with E-state index in [-0.39, 0.29) is 56.1 Å². The predicted molar refractivity (Wildman–Crippen MR) is 236 cm³/mol. The zero-order chi connectivity index (χ0) is 49.0. The summed E-state index contributed by atoms with van der Waals surface area (Å²) in [4.78, 5) is 8.76. The second-order valence-electron chi connectivity index (χ2n) is 13.9. The summed E-state index contributed by atoms with van der Waals surface area (Å²) in [5.41, 5.74) is -1.67. The summed E-state index contributed by atoms with van der Waals surface area (Å²) in [5, 5.41) is 58.3. The van der Waals surface area contributed by atoms with Crippen molar-refractivity contribution in [3.05, 3.63) is 91.0 Å². The van der Waals surface area contributed by atoms with E-state index in [1.54, 1.807) is 6.07 Å². The van der Waals surface area contributed by atoms with E-state index in [4.69, 9.17) is 4.74 Å². The highest BCUT2D eigenvalue weighted by Crippen LogP contribution is 2.47. The van der Waals surface area contributed by atoms with Crippen LogP contribution in [0.2, 0.25) is 0 Å². The normalized spacial score (nSPS) is 12.9. The molecule has 0 fully saturated rings. The number of aromatic hydroxyl groups is 3. The number of hydrogen-bond donors (Lipinski definition) is 8. The van der Waals surface area contributed by atoms with Gasteiger partial charge in [0.25, 0.3) is 40.5 Å². The summed E-state index contributed by atoms with van der Waals surface area (Å²) < 4.78 is 142. The first-order chi connectivity index (χ1) is 31.3. The Morgan fingerprint density at radius 2 is 1.10 bits per heavy atom. The third-order valence-electron chi connectivity index (χ3n) is 9.58. The van der Waals surface area contributed by atoms with Crippen LogP contribution in [0.4, 0.5) is 39.8 Å². The molecule has 0 spiro atoms. The molecule has 0 saturated heterocycles. The largest absolute Gasteiger partial charge is 0.507 e. The van der Waals surface area contributed by atoms with Gasteiger partial charge < -0.3 is 25.4 Å². The number of anilines is 1. The second kappa shape index (κ2) is 17.3. The van der Waals surface area contributed by atoms with Gasteiger partial charge in [-0.15, -0.1) is 30.7 Å². The van der Waals surface area contributed by atoms with Gasteiger partial charge in [0.1, 0.15) is 54.7 Å². The highest BCUT2D eigenvalue weighted by atomic mass is 32.2. The molecule has 7 aromatic carbocycles. The Bertz CT molecular complexity index is 3850. The predicted octanol–water partition coefficient (Wildman–Crippen LogP) is 8.46. The molecule has 0 radical (unpaired) electrons. The van der Waals surface area contributed by atoms with E-state index >= 15 is 0 Å². The highest BCUT2D eigenvalue weighted by Gasteiger charge is 2.27. The summed E-state index contributed by atoms with van der Waals surface area (Å²) in [6, 6.07) is 16.8. The molecule has 7 rings (SSSR count). The molecule has 0 atom stereocenters. The number of nitrogens with one attached hydrogen (secondary N) is 1. The number of methoxy groups -OCH3 is 1. The molecule has 0 aliphatic carbocycles. The molecule has 0 aliphatic rings. The Hall–Kier alpha value is -7.57. The van der Waals surface area contributed by atoms with E-state index in [9.17, 15) is 72.0 Å². The van der Waals surface area contributed by atoms with Gasteiger partial charge >= 0.3 is 0 Å². The first-order valence-electron chi connectivity index (χ1n) is 18.3. The van der Waals surface area contributed by atoms with Crippen molar-refractivity contribution >= 4 is 119 Å². The van der Waals surface area contributed by atoms with E-state index in [2.05, 4.69) is 36.0 Å². The molecular weight excluding hydrogens is 967 g/mol. The average molecular weight is 996 g/mol. The van der Waals surface area contributed by atoms with Crippen molar-refractivity contribution in [2.24, 2.45) is 30.7 Å². The lowest BCUT2D eigenvalue weighted by molar-refractivity contribution is -0.114. The maximum atomic E-state index is 12.3. The zero-order valence-corrected chi connectivity index (χ0v) is 37.0. The molecular formula is C39H29N7O17S4. The van der Waals surface area contributed by atoms with Crippen LogP contribution in [0.15, 0.2) is 141 Å². The van der Waals surface area contributed by atoms with Crippen LogP contribution in [0.3, 0.4) is 0 Å². The lowest BCUT2D eigenvalue weighted by Gasteiger charge is -2.12. The molecule has 8 N–H and O–H groups in total. The van der Waals surface area contributed by atoms with Gasteiger partial charge in [0.15, 0.2) is 0 Å². The van der Waals surface area contributed by atoms with E-state index in [1.807, 2.05) is 0 Å². The van der Waals surface area contributed by atoms with Crippen LogP contribution in [-0.2, 0) is 45.3 Å². The summed E-state index contributed by atoms with van der Waals surface area (Å²) in [6.07, 6.45) is 0. The van der Waals surface area contributed by atoms with Gasteiger partial charge in [-0.05, 0) is 66.0 Å². The first-order valence-corrected chi connectivity index (χ1v) is 24.0. The lowest BCUT2D eigenvalue weighted by atomic mass is 10.1. The van der Waals surface area contributed by atoms with Crippen molar-refractivity contribution in [3.8, 4) is 23.0 Å². The Morgan fingerprint density at radius 1 is 0.522 bits per heavy atom. The number of rotatable bonds is 12. The van der Waals surface area contributed by atoms with Crippen molar-refractivity contribution in [3.63, 3.8) is 0 Å². The number of phenolic OH excluding ortho intramolecular Hbond substituents is 3. The third kappa shape index (κ3) is 9.57. The minimum absolute atomic E-state index is 0.0181. The Morgan fingerprint density at radius 3 is 1.72 bits per heavy atom. The van der Waals surface area contributed by atoms with E-state index < -0.39 is 99.6 Å². The molecule has 0 heterocycles. The monoisotopic (exact) mass is 995 g/mol. The smallest absolute Gasteiger partial charge is 0.298 e. The molecule has 0 bridgehead atoms. The minimum Gasteiger partial charge on any atom is -0.507 e. The van der Waals surface area contributed by atoms with Crippen LogP contribution in [-0.4, -0.2) is 80.2 Å². The fourth-order valence-electron chi connectivity index (χ4n) is 6.66. The number of nitrogens with zero attached hydrogens (tertiary/aromatic N) is 6. The number of benzene rings is 7. The fraction of sp³-hybridized carbons (Fsp3) is 0.0513.